The van der Waals surface area contributed by atoms with Crippen molar-refractivity contribution < 1.29 is 9.13 Å². The smallest absolute Gasteiger partial charge is 0.126 e. The van der Waals surface area contributed by atoms with Crippen LogP contribution in [0.4, 0.5) is 4.39 Å². The van der Waals surface area contributed by atoms with Gasteiger partial charge in [-0.15, -0.1) is 0 Å². The predicted molar refractivity (Wildman–Crippen MR) is 73.3 cm³/mol. The molecule has 0 aromatic heterocycles. The lowest BCUT2D eigenvalue weighted by Gasteiger charge is -2.23. The first kappa shape index (κ1) is 15.1. The van der Waals surface area contributed by atoms with Gasteiger partial charge in [-0.25, -0.2) is 4.39 Å². The SMILES string of the molecule is CCCC(COC)NC(C)c1ccc(C)c(F)c1. The van der Waals surface area contributed by atoms with Crippen LogP contribution < -0.4 is 5.32 Å². The molecule has 18 heavy (non-hydrogen) atoms. The van der Waals surface area contributed by atoms with Gasteiger partial charge in [-0.1, -0.05) is 25.5 Å². The number of aryl methyl sites for hydroxylation is 1. The fourth-order valence-electron chi connectivity index (χ4n) is 2.09. The maximum Gasteiger partial charge on any atom is 0.126 e. The summed E-state index contributed by atoms with van der Waals surface area (Å²) in [4.78, 5) is 0. The van der Waals surface area contributed by atoms with Gasteiger partial charge in [0.15, 0.2) is 0 Å². The molecule has 0 bridgehead atoms. The van der Waals surface area contributed by atoms with E-state index in [2.05, 4.69) is 19.2 Å². The highest BCUT2D eigenvalue weighted by molar-refractivity contribution is 5.25. The molecular formula is C15H24FNO. The van der Waals surface area contributed by atoms with Crippen molar-refractivity contribution in [1.29, 1.82) is 0 Å². The van der Waals surface area contributed by atoms with E-state index in [-0.39, 0.29) is 11.9 Å². The van der Waals surface area contributed by atoms with Crippen molar-refractivity contribution in [3.8, 4) is 0 Å². The van der Waals surface area contributed by atoms with Gasteiger partial charge in [0.05, 0.1) is 6.61 Å². The summed E-state index contributed by atoms with van der Waals surface area (Å²) in [5, 5.41) is 3.49. The highest BCUT2D eigenvalue weighted by atomic mass is 19.1. The topological polar surface area (TPSA) is 21.3 Å². The molecule has 0 aliphatic carbocycles. The highest BCUT2D eigenvalue weighted by Crippen LogP contribution is 2.17. The van der Waals surface area contributed by atoms with Gasteiger partial charge < -0.3 is 10.1 Å². The van der Waals surface area contributed by atoms with E-state index in [1.54, 1.807) is 20.1 Å². The fourth-order valence-corrected chi connectivity index (χ4v) is 2.09. The summed E-state index contributed by atoms with van der Waals surface area (Å²) in [6, 6.07) is 5.87. The molecule has 0 saturated carbocycles. The van der Waals surface area contributed by atoms with Gasteiger partial charge in [0, 0.05) is 19.2 Å². The van der Waals surface area contributed by atoms with Crippen LogP contribution in [0.2, 0.25) is 0 Å². The molecule has 2 unspecified atom stereocenters. The Balaban J connectivity index is 2.67. The van der Waals surface area contributed by atoms with Crippen molar-refractivity contribution in [2.45, 2.75) is 45.7 Å². The molecular weight excluding hydrogens is 229 g/mol. The minimum absolute atomic E-state index is 0.131. The van der Waals surface area contributed by atoms with Crippen LogP contribution in [0, 0.1) is 12.7 Å². The van der Waals surface area contributed by atoms with Crippen molar-refractivity contribution in [1.82, 2.24) is 5.32 Å². The van der Waals surface area contributed by atoms with Crippen molar-refractivity contribution in [2.24, 2.45) is 0 Å². The molecule has 0 amide bonds. The van der Waals surface area contributed by atoms with Gasteiger partial charge >= 0.3 is 0 Å². The minimum Gasteiger partial charge on any atom is -0.383 e. The Morgan fingerprint density at radius 3 is 2.67 bits per heavy atom. The standard InChI is InChI=1S/C15H24FNO/c1-5-6-14(10-18-4)17-12(3)13-8-7-11(2)15(16)9-13/h7-9,12,14,17H,5-6,10H2,1-4H3. The maximum atomic E-state index is 13.5. The molecule has 3 heteroatoms. The molecule has 1 aromatic carbocycles. The Bertz CT molecular complexity index is 362. The van der Waals surface area contributed by atoms with Gasteiger partial charge in [0.25, 0.3) is 0 Å². The monoisotopic (exact) mass is 253 g/mol. The molecule has 1 aromatic rings. The number of ether oxygens (including phenoxy) is 1. The Hall–Kier alpha value is -0.930. The van der Waals surface area contributed by atoms with E-state index in [1.165, 1.54) is 0 Å². The second-order valence-electron chi connectivity index (χ2n) is 4.84. The van der Waals surface area contributed by atoms with Crippen molar-refractivity contribution >= 4 is 0 Å². The van der Waals surface area contributed by atoms with Gasteiger partial charge in [-0.2, -0.15) is 0 Å². The molecule has 0 radical (unpaired) electrons. The lowest BCUT2D eigenvalue weighted by atomic mass is 10.0. The first-order valence-corrected chi connectivity index (χ1v) is 6.59. The number of benzene rings is 1. The van der Waals surface area contributed by atoms with E-state index in [1.807, 2.05) is 12.1 Å². The Morgan fingerprint density at radius 1 is 1.39 bits per heavy atom. The van der Waals surface area contributed by atoms with Crippen LogP contribution in [0.3, 0.4) is 0 Å². The molecule has 0 saturated heterocycles. The third-order valence-electron chi connectivity index (χ3n) is 3.19. The van der Waals surface area contributed by atoms with Crippen LogP contribution in [0.15, 0.2) is 18.2 Å². The zero-order chi connectivity index (χ0) is 13.5. The summed E-state index contributed by atoms with van der Waals surface area (Å²) in [6.45, 7) is 6.68. The number of halogens is 1. The second-order valence-corrected chi connectivity index (χ2v) is 4.84. The van der Waals surface area contributed by atoms with Crippen LogP contribution in [0.5, 0.6) is 0 Å². The second kappa shape index (κ2) is 7.49. The summed E-state index contributed by atoms with van der Waals surface area (Å²) < 4.78 is 18.7. The molecule has 0 spiro atoms. The molecule has 2 atom stereocenters. The average Bonchev–Trinajstić information content (AvgIpc) is 2.33. The van der Waals surface area contributed by atoms with Crippen LogP contribution in [-0.2, 0) is 4.74 Å². The summed E-state index contributed by atoms with van der Waals surface area (Å²) in [7, 11) is 1.71. The highest BCUT2D eigenvalue weighted by Gasteiger charge is 2.13. The van der Waals surface area contributed by atoms with E-state index in [9.17, 15) is 4.39 Å². The van der Waals surface area contributed by atoms with E-state index in [4.69, 9.17) is 4.74 Å². The van der Waals surface area contributed by atoms with Gasteiger partial charge in [0.1, 0.15) is 5.82 Å². The van der Waals surface area contributed by atoms with Gasteiger partial charge in [-0.05, 0) is 37.5 Å². The molecule has 102 valence electrons. The summed E-state index contributed by atoms with van der Waals surface area (Å²) >= 11 is 0. The predicted octanol–water partition coefficient (Wildman–Crippen LogP) is 3.60. The number of hydrogen-bond donors (Lipinski definition) is 1. The molecule has 0 fully saturated rings. The normalized spacial score (nSPS) is 14.5. The Kier molecular flexibility index (Phi) is 6.30. The average molecular weight is 253 g/mol. The molecule has 2 nitrogen and oxygen atoms in total. The number of hydrogen-bond acceptors (Lipinski definition) is 2. The molecule has 0 aliphatic heterocycles. The minimum atomic E-state index is -0.139. The number of nitrogens with one attached hydrogen (secondary N) is 1. The van der Waals surface area contributed by atoms with Crippen molar-refractivity contribution in [3.05, 3.63) is 35.1 Å². The largest absolute Gasteiger partial charge is 0.383 e. The van der Waals surface area contributed by atoms with E-state index >= 15 is 0 Å². The fraction of sp³-hybridized carbons (Fsp3) is 0.600. The van der Waals surface area contributed by atoms with Crippen molar-refractivity contribution in [2.75, 3.05) is 13.7 Å². The van der Waals surface area contributed by atoms with E-state index in [0.29, 0.717) is 18.2 Å². The maximum absolute atomic E-state index is 13.5. The molecule has 1 N–H and O–H groups in total. The first-order valence-electron chi connectivity index (χ1n) is 6.59. The number of methoxy groups -OCH3 is 1. The van der Waals surface area contributed by atoms with Crippen LogP contribution in [0.1, 0.15) is 43.9 Å². The lowest BCUT2D eigenvalue weighted by Crippen LogP contribution is -2.35. The van der Waals surface area contributed by atoms with E-state index < -0.39 is 0 Å². The van der Waals surface area contributed by atoms with Gasteiger partial charge in [0.2, 0.25) is 0 Å². The third-order valence-corrected chi connectivity index (χ3v) is 3.19. The number of rotatable bonds is 7. The zero-order valence-corrected chi connectivity index (χ0v) is 11.8. The van der Waals surface area contributed by atoms with Gasteiger partial charge in [-0.3, -0.25) is 0 Å². The summed E-state index contributed by atoms with van der Waals surface area (Å²) in [6.07, 6.45) is 2.17. The molecule has 1 rings (SSSR count). The first-order chi connectivity index (χ1) is 8.58. The van der Waals surface area contributed by atoms with E-state index in [0.717, 1.165) is 18.4 Å². The quantitative estimate of drug-likeness (QED) is 0.801. The summed E-state index contributed by atoms with van der Waals surface area (Å²) in [5.41, 5.74) is 1.67. The zero-order valence-electron chi connectivity index (χ0n) is 11.8. The lowest BCUT2D eigenvalue weighted by molar-refractivity contribution is 0.157. The Labute approximate surface area is 110 Å². The molecule has 0 heterocycles. The Morgan fingerprint density at radius 2 is 2.11 bits per heavy atom. The van der Waals surface area contributed by atoms with Crippen LogP contribution in [0.25, 0.3) is 0 Å². The van der Waals surface area contributed by atoms with Crippen molar-refractivity contribution in [3.63, 3.8) is 0 Å². The third kappa shape index (κ3) is 4.39. The van der Waals surface area contributed by atoms with Crippen LogP contribution in [-0.4, -0.2) is 19.8 Å². The van der Waals surface area contributed by atoms with Crippen LogP contribution >= 0.6 is 0 Å². The summed E-state index contributed by atoms with van der Waals surface area (Å²) in [5.74, 6) is -0.139. The molecule has 0 aliphatic rings.